The Balaban J connectivity index is 3.01. The second-order valence-electron chi connectivity index (χ2n) is 3.78. The Bertz CT molecular complexity index is 357. The van der Waals surface area contributed by atoms with E-state index in [-0.39, 0.29) is 23.2 Å². The fraction of sp³-hybridized carbons (Fsp3) is 0.364. The van der Waals surface area contributed by atoms with Gasteiger partial charge in [-0.05, 0) is 32.0 Å². The number of nitrogens with zero attached hydrogens (tertiary/aromatic N) is 1. The molecule has 4 heteroatoms. The van der Waals surface area contributed by atoms with Crippen molar-refractivity contribution in [1.29, 1.82) is 0 Å². The third-order valence-corrected chi connectivity index (χ3v) is 2.26. The van der Waals surface area contributed by atoms with Crippen LogP contribution in [0.2, 0.25) is 0 Å². The van der Waals surface area contributed by atoms with E-state index in [9.17, 15) is 9.18 Å². The molecule has 0 unspecified atom stereocenters. The van der Waals surface area contributed by atoms with Gasteiger partial charge in [0.25, 0.3) is 5.91 Å². The summed E-state index contributed by atoms with van der Waals surface area (Å²) in [6.07, 6.45) is 0. The predicted octanol–water partition coefficient (Wildman–Crippen LogP) is 1.89. The zero-order valence-electron chi connectivity index (χ0n) is 9.12. The highest BCUT2D eigenvalue weighted by Crippen LogP contribution is 2.13. The van der Waals surface area contributed by atoms with Gasteiger partial charge in [-0.1, -0.05) is 0 Å². The smallest absolute Gasteiger partial charge is 0.254 e. The van der Waals surface area contributed by atoms with Crippen molar-refractivity contribution < 1.29 is 9.18 Å². The number of carbonyl (C=O) groups excluding carboxylic acids is 1. The molecular formula is C11H15FN2O. The largest absolute Gasteiger partial charge is 0.399 e. The van der Waals surface area contributed by atoms with Crippen molar-refractivity contribution in [3.63, 3.8) is 0 Å². The van der Waals surface area contributed by atoms with Crippen LogP contribution in [0.3, 0.4) is 0 Å². The molecule has 0 bridgehead atoms. The summed E-state index contributed by atoms with van der Waals surface area (Å²) in [5.41, 5.74) is 6.00. The van der Waals surface area contributed by atoms with Crippen LogP contribution < -0.4 is 5.73 Å². The summed E-state index contributed by atoms with van der Waals surface area (Å²) in [7, 11) is 1.67. The Hall–Kier alpha value is -1.58. The molecule has 3 nitrogen and oxygen atoms in total. The normalized spacial score (nSPS) is 10.5. The van der Waals surface area contributed by atoms with Crippen LogP contribution in [0.5, 0.6) is 0 Å². The van der Waals surface area contributed by atoms with Crippen molar-refractivity contribution in [3.05, 3.63) is 29.6 Å². The second-order valence-corrected chi connectivity index (χ2v) is 3.78. The van der Waals surface area contributed by atoms with E-state index in [2.05, 4.69) is 0 Å². The number of hydrogen-bond donors (Lipinski definition) is 1. The molecule has 0 aliphatic carbocycles. The molecule has 1 aromatic carbocycles. The summed E-state index contributed by atoms with van der Waals surface area (Å²) in [5.74, 6) is -0.716. The third-order valence-electron chi connectivity index (χ3n) is 2.26. The maximum Gasteiger partial charge on any atom is 0.254 e. The lowest BCUT2D eigenvalue weighted by Crippen LogP contribution is -2.33. The molecule has 1 amide bonds. The van der Waals surface area contributed by atoms with Crippen LogP contribution in [0.1, 0.15) is 24.2 Å². The Kier molecular flexibility index (Phi) is 3.29. The number of hydrogen-bond acceptors (Lipinski definition) is 2. The second kappa shape index (κ2) is 4.29. The third kappa shape index (κ3) is 2.68. The molecule has 0 saturated heterocycles. The van der Waals surface area contributed by atoms with Gasteiger partial charge in [0.2, 0.25) is 0 Å². The number of amides is 1. The molecule has 0 aliphatic heterocycles. The number of nitrogen functional groups attached to an aromatic ring is 1. The van der Waals surface area contributed by atoms with Crippen molar-refractivity contribution in [2.45, 2.75) is 19.9 Å². The predicted molar refractivity (Wildman–Crippen MR) is 58.0 cm³/mol. The Morgan fingerprint density at radius 1 is 1.40 bits per heavy atom. The van der Waals surface area contributed by atoms with Gasteiger partial charge in [0.15, 0.2) is 0 Å². The SMILES string of the molecule is CC(C)N(C)C(=O)c1cc(N)cc(F)c1. The minimum atomic E-state index is -0.490. The van der Waals surface area contributed by atoms with Crippen LogP contribution in [0.4, 0.5) is 10.1 Å². The quantitative estimate of drug-likeness (QED) is 0.758. The standard InChI is InChI=1S/C11H15FN2O/c1-7(2)14(3)11(15)8-4-9(12)6-10(13)5-8/h4-7H,13H2,1-3H3. The van der Waals surface area contributed by atoms with Gasteiger partial charge in [-0.15, -0.1) is 0 Å². The van der Waals surface area contributed by atoms with E-state index in [4.69, 9.17) is 5.73 Å². The molecule has 0 spiro atoms. The molecule has 0 aliphatic rings. The van der Waals surface area contributed by atoms with Crippen molar-refractivity contribution in [2.24, 2.45) is 0 Å². The zero-order chi connectivity index (χ0) is 11.6. The highest BCUT2D eigenvalue weighted by molar-refractivity contribution is 5.95. The monoisotopic (exact) mass is 210 g/mol. The van der Waals surface area contributed by atoms with E-state index in [1.54, 1.807) is 7.05 Å². The van der Waals surface area contributed by atoms with E-state index >= 15 is 0 Å². The zero-order valence-corrected chi connectivity index (χ0v) is 9.12. The van der Waals surface area contributed by atoms with Crippen molar-refractivity contribution >= 4 is 11.6 Å². The number of anilines is 1. The molecule has 1 rings (SSSR count). The lowest BCUT2D eigenvalue weighted by molar-refractivity contribution is 0.0754. The Morgan fingerprint density at radius 3 is 2.47 bits per heavy atom. The van der Waals surface area contributed by atoms with Crippen LogP contribution >= 0.6 is 0 Å². The Labute approximate surface area is 88.7 Å². The van der Waals surface area contributed by atoms with Crippen LogP contribution in [0, 0.1) is 5.82 Å². The summed E-state index contributed by atoms with van der Waals surface area (Å²) >= 11 is 0. The number of nitrogens with two attached hydrogens (primary N) is 1. The summed E-state index contributed by atoms with van der Waals surface area (Å²) < 4.78 is 13.0. The van der Waals surface area contributed by atoms with E-state index in [0.29, 0.717) is 0 Å². The molecule has 0 radical (unpaired) electrons. The fourth-order valence-electron chi connectivity index (χ4n) is 1.17. The molecule has 0 saturated carbocycles. The highest BCUT2D eigenvalue weighted by atomic mass is 19.1. The fourth-order valence-corrected chi connectivity index (χ4v) is 1.17. The summed E-state index contributed by atoms with van der Waals surface area (Å²) in [5, 5.41) is 0. The van der Waals surface area contributed by atoms with Crippen molar-refractivity contribution in [3.8, 4) is 0 Å². The van der Waals surface area contributed by atoms with Crippen molar-refractivity contribution in [2.75, 3.05) is 12.8 Å². The van der Waals surface area contributed by atoms with Gasteiger partial charge in [0, 0.05) is 24.3 Å². The molecule has 2 N–H and O–H groups in total. The van der Waals surface area contributed by atoms with Gasteiger partial charge in [-0.3, -0.25) is 4.79 Å². The van der Waals surface area contributed by atoms with Gasteiger partial charge in [-0.2, -0.15) is 0 Å². The first-order valence-electron chi connectivity index (χ1n) is 4.75. The topological polar surface area (TPSA) is 46.3 Å². The van der Waals surface area contributed by atoms with Gasteiger partial charge in [0.05, 0.1) is 0 Å². The summed E-state index contributed by atoms with van der Waals surface area (Å²) in [6, 6.07) is 3.93. The number of halogens is 1. The summed E-state index contributed by atoms with van der Waals surface area (Å²) in [6.45, 7) is 3.78. The molecule has 82 valence electrons. The molecular weight excluding hydrogens is 195 g/mol. The molecule has 15 heavy (non-hydrogen) atoms. The molecule has 0 atom stereocenters. The van der Waals surface area contributed by atoms with Crippen LogP contribution in [0.25, 0.3) is 0 Å². The average Bonchev–Trinajstić information content (AvgIpc) is 2.13. The van der Waals surface area contributed by atoms with E-state index in [1.807, 2.05) is 13.8 Å². The van der Waals surface area contributed by atoms with E-state index < -0.39 is 5.82 Å². The first-order chi connectivity index (χ1) is 6.91. The van der Waals surface area contributed by atoms with Crippen LogP contribution in [-0.2, 0) is 0 Å². The average molecular weight is 210 g/mol. The van der Waals surface area contributed by atoms with Gasteiger partial charge in [-0.25, -0.2) is 4.39 Å². The molecule has 0 heterocycles. The molecule has 1 aromatic rings. The maximum atomic E-state index is 13.0. The minimum Gasteiger partial charge on any atom is -0.399 e. The highest BCUT2D eigenvalue weighted by Gasteiger charge is 2.15. The van der Waals surface area contributed by atoms with Crippen LogP contribution in [0.15, 0.2) is 18.2 Å². The van der Waals surface area contributed by atoms with Crippen LogP contribution in [-0.4, -0.2) is 23.9 Å². The van der Waals surface area contributed by atoms with Gasteiger partial charge < -0.3 is 10.6 Å². The summed E-state index contributed by atoms with van der Waals surface area (Å²) in [4.78, 5) is 13.3. The number of carbonyl (C=O) groups is 1. The van der Waals surface area contributed by atoms with Gasteiger partial charge in [0.1, 0.15) is 5.82 Å². The first kappa shape index (κ1) is 11.5. The van der Waals surface area contributed by atoms with E-state index in [1.165, 1.54) is 23.1 Å². The number of benzene rings is 1. The van der Waals surface area contributed by atoms with E-state index in [0.717, 1.165) is 0 Å². The minimum absolute atomic E-state index is 0.0713. The molecule has 0 aromatic heterocycles. The lowest BCUT2D eigenvalue weighted by atomic mass is 10.1. The van der Waals surface area contributed by atoms with Crippen molar-refractivity contribution in [1.82, 2.24) is 4.90 Å². The van der Waals surface area contributed by atoms with Gasteiger partial charge >= 0.3 is 0 Å². The number of rotatable bonds is 2. The lowest BCUT2D eigenvalue weighted by Gasteiger charge is -2.21. The maximum absolute atomic E-state index is 13.0. The first-order valence-corrected chi connectivity index (χ1v) is 4.75. The molecule has 0 fully saturated rings. The Morgan fingerprint density at radius 2 is 2.00 bits per heavy atom.